The van der Waals surface area contributed by atoms with Gasteiger partial charge in [-0.15, -0.1) is 31.4 Å². The normalized spacial score (nSPS) is 16.2. The summed E-state index contributed by atoms with van der Waals surface area (Å²) in [5, 5.41) is 32.9. The Balaban J connectivity index is 0.00000220. The zero-order valence-corrected chi connectivity index (χ0v) is 14.0. The Kier molecular flexibility index (Phi) is 9.28. The van der Waals surface area contributed by atoms with Crippen LogP contribution in [0.4, 0.5) is 0 Å². The van der Waals surface area contributed by atoms with Crippen molar-refractivity contribution in [1.29, 1.82) is 0 Å². The third-order valence-electron chi connectivity index (χ3n) is 3.69. The van der Waals surface area contributed by atoms with Crippen molar-refractivity contribution in [1.82, 2.24) is 10.2 Å². The molecule has 5 nitrogen and oxygen atoms in total. The first-order valence-electron chi connectivity index (χ1n) is 6.94. The summed E-state index contributed by atoms with van der Waals surface area (Å²) in [6.07, 6.45) is 3.41. The molecule has 1 aromatic carbocycles. The van der Waals surface area contributed by atoms with Gasteiger partial charge in [0.2, 0.25) is 0 Å². The highest BCUT2D eigenvalue weighted by Gasteiger charge is 2.26. The summed E-state index contributed by atoms with van der Waals surface area (Å²) < 4.78 is 0. The Morgan fingerprint density at radius 1 is 1.14 bits per heavy atom. The van der Waals surface area contributed by atoms with Crippen LogP contribution >= 0.6 is 24.8 Å². The number of allylic oxidation sites excluding steroid dienone is 1. The van der Waals surface area contributed by atoms with Crippen molar-refractivity contribution >= 4 is 24.8 Å². The Hall–Kier alpha value is -1.14. The number of phenolic OH excluding ortho intramolecular Hbond substituents is 3. The molecular weight excluding hydrogens is 327 g/mol. The van der Waals surface area contributed by atoms with Crippen molar-refractivity contribution in [3.63, 3.8) is 0 Å². The van der Waals surface area contributed by atoms with Gasteiger partial charge in [-0.3, -0.25) is 4.90 Å². The van der Waals surface area contributed by atoms with Crippen LogP contribution in [-0.4, -0.2) is 46.4 Å². The van der Waals surface area contributed by atoms with Gasteiger partial charge in [0.15, 0.2) is 0 Å². The first kappa shape index (κ1) is 20.9. The zero-order valence-electron chi connectivity index (χ0n) is 12.4. The molecule has 0 aromatic heterocycles. The topological polar surface area (TPSA) is 76.0 Å². The molecule has 0 unspecified atom stereocenters. The molecule has 1 aromatic rings. The predicted molar refractivity (Wildman–Crippen MR) is 92.5 cm³/mol. The lowest BCUT2D eigenvalue weighted by molar-refractivity contribution is 0.161. The predicted octanol–water partition coefficient (Wildman–Crippen LogP) is 2.56. The fourth-order valence-electron chi connectivity index (χ4n) is 2.73. The molecule has 4 N–H and O–H groups in total. The van der Waals surface area contributed by atoms with E-state index in [1.807, 2.05) is 6.08 Å². The van der Waals surface area contributed by atoms with Gasteiger partial charge < -0.3 is 20.6 Å². The van der Waals surface area contributed by atoms with E-state index >= 15 is 0 Å². The molecule has 1 fully saturated rings. The van der Waals surface area contributed by atoms with E-state index in [4.69, 9.17) is 0 Å². The molecule has 0 saturated carbocycles. The molecule has 1 atom stereocenters. The number of rotatable bonds is 5. The van der Waals surface area contributed by atoms with E-state index in [-0.39, 0.29) is 48.1 Å². The van der Waals surface area contributed by atoms with Crippen LogP contribution in [0.3, 0.4) is 0 Å². The van der Waals surface area contributed by atoms with Crippen LogP contribution in [0.5, 0.6) is 17.2 Å². The summed E-state index contributed by atoms with van der Waals surface area (Å²) in [4.78, 5) is 2.24. The minimum atomic E-state index is -0.133. The number of piperazine rings is 1. The van der Waals surface area contributed by atoms with Gasteiger partial charge in [0.1, 0.15) is 17.2 Å². The van der Waals surface area contributed by atoms with Crippen molar-refractivity contribution in [3.8, 4) is 17.2 Å². The molecule has 0 bridgehead atoms. The van der Waals surface area contributed by atoms with Gasteiger partial charge in [0, 0.05) is 44.4 Å². The molecular formula is C15H24Cl2N2O3. The molecule has 1 aliphatic rings. The van der Waals surface area contributed by atoms with Crippen LogP contribution in [0.15, 0.2) is 24.8 Å². The maximum absolute atomic E-state index is 10.1. The van der Waals surface area contributed by atoms with Gasteiger partial charge in [-0.25, -0.2) is 0 Å². The molecule has 2 rings (SSSR count). The minimum Gasteiger partial charge on any atom is -0.508 e. The number of aromatic hydroxyl groups is 3. The summed E-state index contributed by atoms with van der Waals surface area (Å²) in [6.45, 7) is 7.25. The maximum Gasteiger partial charge on any atom is 0.127 e. The van der Waals surface area contributed by atoms with Crippen LogP contribution in [0, 0.1) is 0 Å². The fraction of sp³-hybridized carbons (Fsp3) is 0.467. The fourth-order valence-corrected chi connectivity index (χ4v) is 2.73. The third-order valence-corrected chi connectivity index (χ3v) is 3.69. The lowest BCUT2D eigenvalue weighted by Gasteiger charge is -2.35. The van der Waals surface area contributed by atoms with E-state index in [0.29, 0.717) is 5.56 Å². The average Bonchev–Trinajstić information content (AvgIpc) is 2.42. The maximum atomic E-state index is 10.1. The van der Waals surface area contributed by atoms with E-state index in [1.165, 1.54) is 12.1 Å². The van der Waals surface area contributed by atoms with Crippen molar-refractivity contribution < 1.29 is 15.3 Å². The summed E-state index contributed by atoms with van der Waals surface area (Å²) >= 11 is 0. The van der Waals surface area contributed by atoms with Crippen molar-refractivity contribution in [2.45, 2.75) is 18.9 Å². The minimum absolute atomic E-state index is 0. The van der Waals surface area contributed by atoms with Crippen LogP contribution in [0.25, 0.3) is 0 Å². The van der Waals surface area contributed by atoms with Crippen LogP contribution in [0.1, 0.15) is 24.4 Å². The second-order valence-corrected chi connectivity index (χ2v) is 5.07. The van der Waals surface area contributed by atoms with Crippen molar-refractivity contribution in [2.75, 3.05) is 26.2 Å². The zero-order chi connectivity index (χ0) is 14.5. The van der Waals surface area contributed by atoms with Gasteiger partial charge in [-0.05, 0) is 12.8 Å². The number of halogens is 2. The highest BCUT2D eigenvalue weighted by atomic mass is 35.5. The summed E-state index contributed by atoms with van der Waals surface area (Å²) in [7, 11) is 0. The number of hydrogen-bond acceptors (Lipinski definition) is 5. The Morgan fingerprint density at radius 2 is 1.68 bits per heavy atom. The van der Waals surface area contributed by atoms with E-state index in [2.05, 4.69) is 16.8 Å². The van der Waals surface area contributed by atoms with E-state index in [9.17, 15) is 15.3 Å². The highest BCUT2D eigenvalue weighted by molar-refractivity contribution is 5.85. The van der Waals surface area contributed by atoms with Crippen molar-refractivity contribution in [2.24, 2.45) is 0 Å². The summed E-state index contributed by atoms with van der Waals surface area (Å²) in [6, 6.07) is 2.48. The number of benzene rings is 1. The van der Waals surface area contributed by atoms with E-state index in [0.717, 1.165) is 39.0 Å². The van der Waals surface area contributed by atoms with Gasteiger partial charge >= 0.3 is 0 Å². The second-order valence-electron chi connectivity index (χ2n) is 5.07. The molecule has 0 radical (unpaired) electrons. The standard InChI is InChI=1S/C15H22N2O3.2ClH/c1-2-3-4-12(17-7-5-16-6-8-17)15-13(19)9-11(18)10-14(15)20;;/h2,9-10,12,16,18-20H,1,3-8H2;2*1H/t12-;;/m0../s1. The number of phenols is 3. The Morgan fingerprint density at radius 3 is 2.18 bits per heavy atom. The lowest BCUT2D eigenvalue weighted by Crippen LogP contribution is -2.45. The van der Waals surface area contributed by atoms with Gasteiger partial charge in [-0.1, -0.05) is 6.08 Å². The van der Waals surface area contributed by atoms with Gasteiger partial charge in [0.05, 0.1) is 5.56 Å². The van der Waals surface area contributed by atoms with Crippen molar-refractivity contribution in [3.05, 3.63) is 30.4 Å². The lowest BCUT2D eigenvalue weighted by atomic mass is 9.97. The van der Waals surface area contributed by atoms with Crippen LogP contribution in [0.2, 0.25) is 0 Å². The third kappa shape index (κ3) is 4.95. The molecule has 7 heteroatoms. The van der Waals surface area contributed by atoms with Crippen LogP contribution in [-0.2, 0) is 0 Å². The molecule has 1 aliphatic heterocycles. The quantitative estimate of drug-likeness (QED) is 0.614. The van der Waals surface area contributed by atoms with Crippen LogP contribution < -0.4 is 5.32 Å². The molecule has 1 saturated heterocycles. The highest BCUT2D eigenvalue weighted by Crippen LogP contribution is 2.41. The number of hydrogen-bond donors (Lipinski definition) is 4. The Bertz CT molecular complexity index is 457. The van der Waals surface area contributed by atoms with Gasteiger partial charge in [-0.2, -0.15) is 0 Å². The second kappa shape index (κ2) is 9.79. The van der Waals surface area contributed by atoms with E-state index in [1.54, 1.807) is 0 Å². The molecule has 1 heterocycles. The van der Waals surface area contributed by atoms with Gasteiger partial charge in [0.25, 0.3) is 0 Å². The largest absolute Gasteiger partial charge is 0.508 e. The summed E-state index contributed by atoms with van der Waals surface area (Å²) in [5.74, 6) is -0.253. The molecule has 0 spiro atoms. The first-order valence-corrected chi connectivity index (χ1v) is 6.94. The molecule has 22 heavy (non-hydrogen) atoms. The molecule has 0 amide bonds. The molecule has 126 valence electrons. The SMILES string of the molecule is C=CCC[C@@H](c1c(O)cc(O)cc1O)N1CCNCC1.Cl.Cl. The first-order chi connectivity index (χ1) is 9.63. The number of nitrogens with one attached hydrogen (secondary N) is 1. The monoisotopic (exact) mass is 350 g/mol. The van der Waals surface area contributed by atoms with E-state index < -0.39 is 0 Å². The number of nitrogens with zero attached hydrogens (tertiary/aromatic N) is 1. The average molecular weight is 351 g/mol. The summed E-state index contributed by atoms with van der Waals surface area (Å²) in [5.41, 5.74) is 0.492. The molecule has 0 aliphatic carbocycles. The Labute approximate surface area is 143 Å². The smallest absolute Gasteiger partial charge is 0.127 e.